The Balaban J connectivity index is 1.74. The standard InChI is InChI=1S/C23H18F2N4O/c1-14-3-10-19(13-15(14)2)26-23(30)21-27-22(16-4-6-17(24)7-5-16)29(28-21)20-11-8-18(25)9-12-20/h3-13H,1-2H3,(H,26,30). The van der Waals surface area contributed by atoms with Crippen LogP contribution in [-0.2, 0) is 0 Å². The van der Waals surface area contributed by atoms with Crippen molar-refractivity contribution in [1.29, 1.82) is 0 Å². The molecule has 0 unspecified atom stereocenters. The molecule has 0 radical (unpaired) electrons. The van der Waals surface area contributed by atoms with Crippen molar-refractivity contribution in [2.24, 2.45) is 0 Å². The first-order valence-electron chi connectivity index (χ1n) is 9.28. The van der Waals surface area contributed by atoms with Gasteiger partial charge >= 0.3 is 0 Å². The van der Waals surface area contributed by atoms with Crippen LogP contribution in [0.2, 0.25) is 0 Å². The van der Waals surface area contributed by atoms with Gasteiger partial charge < -0.3 is 5.32 Å². The van der Waals surface area contributed by atoms with Crippen LogP contribution in [0.1, 0.15) is 21.7 Å². The third-order valence-corrected chi connectivity index (χ3v) is 4.75. The van der Waals surface area contributed by atoms with Gasteiger partial charge in [-0.15, -0.1) is 5.10 Å². The van der Waals surface area contributed by atoms with Crippen molar-refractivity contribution in [2.75, 3.05) is 5.32 Å². The summed E-state index contributed by atoms with van der Waals surface area (Å²) < 4.78 is 28.1. The summed E-state index contributed by atoms with van der Waals surface area (Å²) in [5, 5.41) is 7.11. The Morgan fingerprint density at radius 3 is 2.13 bits per heavy atom. The molecule has 0 aliphatic rings. The number of halogens is 2. The predicted molar refractivity (Wildman–Crippen MR) is 111 cm³/mol. The van der Waals surface area contributed by atoms with Crippen LogP contribution in [0.3, 0.4) is 0 Å². The molecular weight excluding hydrogens is 386 g/mol. The molecule has 1 amide bonds. The molecule has 0 aliphatic carbocycles. The molecule has 30 heavy (non-hydrogen) atoms. The lowest BCUT2D eigenvalue weighted by Gasteiger charge is -2.06. The van der Waals surface area contributed by atoms with Crippen molar-refractivity contribution < 1.29 is 13.6 Å². The highest BCUT2D eigenvalue weighted by Gasteiger charge is 2.19. The van der Waals surface area contributed by atoms with Crippen molar-refractivity contribution in [2.45, 2.75) is 13.8 Å². The van der Waals surface area contributed by atoms with E-state index in [-0.39, 0.29) is 11.6 Å². The largest absolute Gasteiger partial charge is 0.319 e. The molecule has 0 spiro atoms. The highest BCUT2D eigenvalue weighted by atomic mass is 19.1. The van der Waals surface area contributed by atoms with E-state index in [1.807, 2.05) is 26.0 Å². The minimum Gasteiger partial charge on any atom is -0.319 e. The highest BCUT2D eigenvalue weighted by molar-refractivity contribution is 6.01. The van der Waals surface area contributed by atoms with Gasteiger partial charge in [0.15, 0.2) is 5.82 Å². The second-order valence-electron chi connectivity index (χ2n) is 6.91. The van der Waals surface area contributed by atoms with Crippen LogP contribution in [0, 0.1) is 25.5 Å². The molecule has 0 fully saturated rings. The lowest BCUT2D eigenvalue weighted by atomic mass is 10.1. The normalized spacial score (nSPS) is 10.8. The third kappa shape index (κ3) is 3.96. The van der Waals surface area contributed by atoms with Gasteiger partial charge in [0.1, 0.15) is 11.6 Å². The number of hydrogen-bond donors (Lipinski definition) is 1. The van der Waals surface area contributed by atoms with E-state index in [9.17, 15) is 13.6 Å². The average Bonchev–Trinajstić information content (AvgIpc) is 3.17. The van der Waals surface area contributed by atoms with Crippen LogP contribution < -0.4 is 5.32 Å². The number of rotatable bonds is 4. The van der Waals surface area contributed by atoms with Crippen LogP contribution in [-0.4, -0.2) is 20.7 Å². The van der Waals surface area contributed by atoms with Crippen molar-refractivity contribution in [3.63, 3.8) is 0 Å². The third-order valence-electron chi connectivity index (χ3n) is 4.75. The van der Waals surface area contributed by atoms with Crippen LogP contribution in [0.25, 0.3) is 17.1 Å². The first-order chi connectivity index (χ1) is 14.4. The van der Waals surface area contributed by atoms with E-state index in [1.165, 1.54) is 41.1 Å². The monoisotopic (exact) mass is 404 g/mol. The Bertz CT molecular complexity index is 1150. The molecule has 0 saturated heterocycles. The molecule has 1 heterocycles. The van der Waals surface area contributed by atoms with Crippen LogP contribution in [0.15, 0.2) is 66.7 Å². The molecule has 0 aliphatic heterocycles. The number of hydrogen-bond acceptors (Lipinski definition) is 3. The molecular formula is C23H18F2N4O. The van der Waals surface area contributed by atoms with Crippen LogP contribution in [0.4, 0.5) is 14.5 Å². The molecule has 4 rings (SSSR count). The molecule has 0 bridgehead atoms. The van der Waals surface area contributed by atoms with Crippen molar-refractivity contribution in [1.82, 2.24) is 14.8 Å². The summed E-state index contributed by atoms with van der Waals surface area (Å²) in [7, 11) is 0. The summed E-state index contributed by atoms with van der Waals surface area (Å²) in [5.41, 5.74) is 3.88. The van der Waals surface area contributed by atoms with E-state index < -0.39 is 11.7 Å². The zero-order valence-electron chi connectivity index (χ0n) is 16.4. The Kier molecular flexibility index (Phi) is 5.10. The number of benzene rings is 3. The van der Waals surface area contributed by atoms with Gasteiger partial charge in [-0.05, 0) is 85.6 Å². The Labute approximate surface area is 172 Å². The summed E-state index contributed by atoms with van der Waals surface area (Å²) in [4.78, 5) is 17.1. The zero-order valence-corrected chi connectivity index (χ0v) is 16.4. The summed E-state index contributed by atoms with van der Waals surface area (Å²) >= 11 is 0. The van der Waals surface area contributed by atoms with E-state index in [2.05, 4.69) is 15.4 Å². The lowest BCUT2D eigenvalue weighted by molar-refractivity contribution is 0.101. The number of nitrogens with one attached hydrogen (secondary N) is 1. The van der Waals surface area contributed by atoms with Crippen molar-refractivity contribution in [3.05, 3.63) is 95.3 Å². The molecule has 3 aromatic carbocycles. The van der Waals surface area contributed by atoms with Gasteiger partial charge in [0.25, 0.3) is 5.91 Å². The van der Waals surface area contributed by atoms with E-state index >= 15 is 0 Å². The van der Waals surface area contributed by atoms with E-state index in [1.54, 1.807) is 18.2 Å². The number of nitrogens with zero attached hydrogens (tertiary/aromatic N) is 3. The summed E-state index contributed by atoms with van der Waals surface area (Å²) in [5.74, 6) is -0.986. The summed E-state index contributed by atoms with van der Waals surface area (Å²) in [6, 6.07) is 16.9. The number of aromatic nitrogens is 3. The molecule has 1 aromatic heterocycles. The maximum absolute atomic E-state index is 13.4. The van der Waals surface area contributed by atoms with Gasteiger partial charge in [0.05, 0.1) is 5.69 Å². The fraction of sp³-hybridized carbons (Fsp3) is 0.0870. The van der Waals surface area contributed by atoms with Crippen molar-refractivity contribution >= 4 is 11.6 Å². The first-order valence-corrected chi connectivity index (χ1v) is 9.28. The van der Waals surface area contributed by atoms with Gasteiger partial charge in [0, 0.05) is 11.3 Å². The number of anilines is 1. The molecule has 4 aromatic rings. The number of carbonyl (C=O) groups excluding carboxylic acids is 1. The second-order valence-corrected chi connectivity index (χ2v) is 6.91. The average molecular weight is 404 g/mol. The lowest BCUT2D eigenvalue weighted by Crippen LogP contribution is -2.14. The van der Waals surface area contributed by atoms with E-state index in [0.29, 0.717) is 22.8 Å². The molecule has 7 heteroatoms. The number of amides is 1. The fourth-order valence-electron chi connectivity index (χ4n) is 2.96. The number of carbonyl (C=O) groups is 1. The maximum atomic E-state index is 13.4. The van der Waals surface area contributed by atoms with Gasteiger partial charge in [-0.1, -0.05) is 6.07 Å². The first kappa shape index (κ1) is 19.4. The fourth-order valence-corrected chi connectivity index (χ4v) is 2.96. The highest BCUT2D eigenvalue weighted by Crippen LogP contribution is 2.23. The van der Waals surface area contributed by atoms with Crippen molar-refractivity contribution in [3.8, 4) is 17.1 Å². The SMILES string of the molecule is Cc1ccc(NC(=O)c2nc(-c3ccc(F)cc3)n(-c3ccc(F)cc3)n2)cc1C. The molecule has 150 valence electrons. The minimum absolute atomic E-state index is 0.0584. The number of aryl methyl sites for hydroxylation is 2. The van der Waals surface area contributed by atoms with Gasteiger partial charge in [-0.3, -0.25) is 4.79 Å². The van der Waals surface area contributed by atoms with Gasteiger partial charge in [-0.2, -0.15) is 0 Å². The van der Waals surface area contributed by atoms with E-state index in [4.69, 9.17) is 0 Å². The molecule has 0 saturated carbocycles. The minimum atomic E-state index is -0.484. The topological polar surface area (TPSA) is 59.8 Å². The Morgan fingerprint density at radius 2 is 1.50 bits per heavy atom. The molecule has 1 N–H and O–H groups in total. The van der Waals surface area contributed by atoms with Crippen LogP contribution in [0.5, 0.6) is 0 Å². The quantitative estimate of drug-likeness (QED) is 0.516. The Morgan fingerprint density at radius 1 is 0.867 bits per heavy atom. The van der Waals surface area contributed by atoms with E-state index in [0.717, 1.165) is 11.1 Å². The Hall–Kier alpha value is -3.87. The molecule has 5 nitrogen and oxygen atoms in total. The van der Waals surface area contributed by atoms with Gasteiger partial charge in [0.2, 0.25) is 5.82 Å². The zero-order chi connectivity index (χ0) is 21.3. The smallest absolute Gasteiger partial charge is 0.295 e. The predicted octanol–water partition coefficient (Wildman–Crippen LogP) is 5.08. The van der Waals surface area contributed by atoms with Crippen LogP contribution >= 0.6 is 0 Å². The molecule has 0 atom stereocenters. The summed E-state index contributed by atoms with van der Waals surface area (Å²) in [6.07, 6.45) is 0. The van der Waals surface area contributed by atoms with Gasteiger partial charge in [-0.25, -0.2) is 18.4 Å². The maximum Gasteiger partial charge on any atom is 0.295 e. The second kappa shape index (κ2) is 7.87. The summed E-state index contributed by atoms with van der Waals surface area (Å²) in [6.45, 7) is 3.95.